The molecule has 1 rings (SSSR count). The van der Waals surface area contributed by atoms with E-state index in [1.165, 1.54) is 20.3 Å². The molecule has 0 radical (unpaired) electrons. The van der Waals surface area contributed by atoms with Crippen molar-refractivity contribution in [2.45, 2.75) is 13.3 Å². The van der Waals surface area contributed by atoms with E-state index in [2.05, 4.69) is 5.32 Å². The molecule has 0 atom stereocenters. The normalized spacial score (nSPS) is 10.3. The van der Waals surface area contributed by atoms with Crippen LogP contribution in [0.3, 0.4) is 0 Å². The third kappa shape index (κ3) is 7.02. The summed E-state index contributed by atoms with van der Waals surface area (Å²) >= 11 is 6.07. The van der Waals surface area contributed by atoms with Crippen molar-refractivity contribution in [1.82, 2.24) is 10.6 Å². The van der Waals surface area contributed by atoms with Crippen LogP contribution in [0, 0.1) is 0 Å². The van der Waals surface area contributed by atoms with Crippen LogP contribution in [-0.4, -0.2) is 45.3 Å². The molecule has 0 unspecified atom stereocenters. The summed E-state index contributed by atoms with van der Waals surface area (Å²) in [5.74, 6) is -0.688. The van der Waals surface area contributed by atoms with Crippen LogP contribution < -0.4 is 20.1 Å². The van der Waals surface area contributed by atoms with E-state index < -0.39 is 24.5 Å². The first kappa shape index (κ1) is 21.3. The van der Waals surface area contributed by atoms with Crippen LogP contribution in [0.15, 0.2) is 18.2 Å². The first-order valence-corrected chi connectivity index (χ1v) is 8.13. The maximum atomic E-state index is 11.7. The number of benzene rings is 1. The van der Waals surface area contributed by atoms with Gasteiger partial charge in [0.15, 0.2) is 18.1 Å². The number of ether oxygens (including phenoxy) is 3. The second-order valence-corrected chi connectivity index (χ2v) is 5.39. The Balaban J connectivity index is 2.56. The van der Waals surface area contributed by atoms with Crippen molar-refractivity contribution >= 4 is 35.6 Å². The summed E-state index contributed by atoms with van der Waals surface area (Å²) < 4.78 is 15.0. The Kier molecular flexibility index (Phi) is 9.00. The molecule has 0 fully saturated rings. The lowest BCUT2D eigenvalue weighted by Crippen LogP contribution is -2.41. The van der Waals surface area contributed by atoms with Gasteiger partial charge in [-0.3, -0.25) is 10.1 Å². The monoisotopic (exact) mass is 384 g/mol. The number of amides is 3. The zero-order valence-corrected chi connectivity index (χ0v) is 15.5. The topological polar surface area (TPSA) is 103 Å². The van der Waals surface area contributed by atoms with Gasteiger partial charge in [0, 0.05) is 12.6 Å². The fourth-order valence-electron chi connectivity index (χ4n) is 1.83. The molecule has 0 aliphatic carbocycles. The number of rotatable bonds is 8. The van der Waals surface area contributed by atoms with Gasteiger partial charge in [-0.2, -0.15) is 0 Å². The van der Waals surface area contributed by atoms with E-state index in [9.17, 15) is 14.4 Å². The van der Waals surface area contributed by atoms with Crippen molar-refractivity contribution in [3.8, 4) is 11.5 Å². The highest BCUT2D eigenvalue weighted by atomic mass is 35.5. The van der Waals surface area contributed by atoms with Gasteiger partial charge < -0.3 is 19.5 Å². The number of carbonyl (C=O) groups excluding carboxylic acids is 3. The van der Waals surface area contributed by atoms with Crippen molar-refractivity contribution in [2.75, 3.05) is 27.4 Å². The molecule has 0 aliphatic heterocycles. The molecular weight excluding hydrogens is 364 g/mol. The summed E-state index contributed by atoms with van der Waals surface area (Å²) in [5.41, 5.74) is 0.577. The van der Waals surface area contributed by atoms with E-state index in [0.717, 1.165) is 12.5 Å². The molecule has 0 saturated heterocycles. The van der Waals surface area contributed by atoms with Gasteiger partial charge in [0.05, 0.1) is 19.2 Å². The number of methoxy groups -OCH3 is 2. The average Bonchev–Trinajstić information content (AvgIpc) is 2.62. The lowest BCUT2D eigenvalue weighted by atomic mass is 10.2. The summed E-state index contributed by atoms with van der Waals surface area (Å²) in [6.45, 7) is 1.74. The van der Waals surface area contributed by atoms with Gasteiger partial charge in [-0.1, -0.05) is 18.5 Å². The second kappa shape index (κ2) is 11.0. The Labute approximate surface area is 156 Å². The summed E-state index contributed by atoms with van der Waals surface area (Å²) in [7, 11) is 2.93. The quantitative estimate of drug-likeness (QED) is 0.526. The van der Waals surface area contributed by atoms with Crippen LogP contribution in [0.2, 0.25) is 5.02 Å². The van der Waals surface area contributed by atoms with Crippen molar-refractivity contribution in [2.24, 2.45) is 0 Å². The van der Waals surface area contributed by atoms with Gasteiger partial charge >= 0.3 is 12.0 Å². The SMILES string of the molecule is CCCNC(=O)NC(=O)COC(=O)/C=C/c1cc(Cl)c(OC)c(OC)c1. The second-order valence-electron chi connectivity index (χ2n) is 4.98. The fraction of sp³-hybridized carbons (Fsp3) is 0.353. The van der Waals surface area contributed by atoms with Crippen LogP contribution in [0.5, 0.6) is 11.5 Å². The largest absolute Gasteiger partial charge is 0.493 e. The summed E-state index contributed by atoms with van der Waals surface area (Å²) in [5, 5.41) is 4.82. The predicted molar refractivity (Wildman–Crippen MR) is 96.4 cm³/mol. The van der Waals surface area contributed by atoms with Gasteiger partial charge in [0.2, 0.25) is 0 Å². The predicted octanol–water partition coefficient (Wildman–Crippen LogP) is 2.15. The number of urea groups is 1. The summed E-state index contributed by atoms with van der Waals surface area (Å²) in [6, 6.07) is 2.57. The first-order valence-electron chi connectivity index (χ1n) is 7.75. The molecule has 0 aromatic heterocycles. The molecule has 1 aromatic rings. The van der Waals surface area contributed by atoms with E-state index in [1.54, 1.807) is 12.1 Å². The van der Waals surface area contributed by atoms with Gasteiger partial charge in [-0.15, -0.1) is 0 Å². The standard InChI is InChI=1S/C17H21ClN2O6/c1-4-7-19-17(23)20-14(21)10-26-15(22)6-5-11-8-12(18)16(25-3)13(9-11)24-2/h5-6,8-9H,4,7,10H2,1-3H3,(H2,19,20,21,23)/b6-5+. The Bertz CT molecular complexity index is 690. The third-order valence-corrected chi connectivity index (χ3v) is 3.28. The highest BCUT2D eigenvalue weighted by molar-refractivity contribution is 6.32. The van der Waals surface area contributed by atoms with Crippen LogP contribution in [0.4, 0.5) is 4.79 Å². The van der Waals surface area contributed by atoms with Gasteiger partial charge in [-0.05, 0) is 30.2 Å². The number of hydrogen-bond donors (Lipinski definition) is 2. The number of imide groups is 1. The number of hydrogen-bond acceptors (Lipinski definition) is 6. The number of esters is 1. The minimum Gasteiger partial charge on any atom is -0.493 e. The van der Waals surface area contributed by atoms with Gasteiger partial charge in [0.25, 0.3) is 5.91 Å². The Morgan fingerprint density at radius 2 is 1.92 bits per heavy atom. The zero-order valence-electron chi connectivity index (χ0n) is 14.8. The number of halogens is 1. The van der Waals surface area contributed by atoms with E-state index in [1.807, 2.05) is 12.2 Å². The minimum absolute atomic E-state index is 0.317. The third-order valence-electron chi connectivity index (χ3n) is 3.00. The zero-order chi connectivity index (χ0) is 19.5. The summed E-state index contributed by atoms with van der Waals surface area (Å²) in [4.78, 5) is 34.4. The molecule has 0 spiro atoms. The Morgan fingerprint density at radius 1 is 1.19 bits per heavy atom. The van der Waals surface area contributed by atoms with E-state index in [0.29, 0.717) is 28.6 Å². The van der Waals surface area contributed by atoms with Crippen molar-refractivity contribution in [3.63, 3.8) is 0 Å². The number of carbonyl (C=O) groups is 3. The van der Waals surface area contributed by atoms with Gasteiger partial charge in [-0.25, -0.2) is 9.59 Å². The molecule has 26 heavy (non-hydrogen) atoms. The average molecular weight is 385 g/mol. The highest BCUT2D eigenvalue weighted by Gasteiger charge is 2.11. The molecule has 9 heteroatoms. The van der Waals surface area contributed by atoms with Crippen molar-refractivity contribution in [3.05, 3.63) is 28.8 Å². The van der Waals surface area contributed by atoms with Gasteiger partial charge in [0.1, 0.15) is 0 Å². The Hall–Kier alpha value is -2.74. The fourth-order valence-corrected chi connectivity index (χ4v) is 2.12. The molecule has 0 aliphatic rings. The van der Waals surface area contributed by atoms with E-state index >= 15 is 0 Å². The molecule has 2 N–H and O–H groups in total. The molecule has 0 heterocycles. The molecule has 1 aromatic carbocycles. The maximum Gasteiger partial charge on any atom is 0.331 e. The van der Waals surface area contributed by atoms with E-state index in [4.69, 9.17) is 25.8 Å². The molecule has 0 bridgehead atoms. The van der Waals surface area contributed by atoms with Crippen LogP contribution in [0.1, 0.15) is 18.9 Å². The van der Waals surface area contributed by atoms with Crippen molar-refractivity contribution in [1.29, 1.82) is 0 Å². The molecule has 8 nitrogen and oxygen atoms in total. The van der Waals surface area contributed by atoms with Crippen molar-refractivity contribution < 1.29 is 28.6 Å². The highest BCUT2D eigenvalue weighted by Crippen LogP contribution is 2.36. The number of nitrogens with one attached hydrogen (secondary N) is 2. The maximum absolute atomic E-state index is 11.7. The smallest absolute Gasteiger partial charge is 0.331 e. The lowest BCUT2D eigenvalue weighted by Gasteiger charge is -2.10. The first-order chi connectivity index (χ1) is 12.4. The minimum atomic E-state index is -0.750. The van der Waals surface area contributed by atoms with Crippen LogP contribution >= 0.6 is 11.6 Å². The molecule has 0 saturated carbocycles. The Morgan fingerprint density at radius 3 is 2.54 bits per heavy atom. The molecule has 3 amide bonds. The van der Waals surface area contributed by atoms with Crippen LogP contribution in [0.25, 0.3) is 6.08 Å². The molecule has 142 valence electrons. The van der Waals surface area contributed by atoms with Crippen LogP contribution in [-0.2, 0) is 14.3 Å². The summed E-state index contributed by atoms with van der Waals surface area (Å²) in [6.07, 6.45) is 3.31. The van der Waals surface area contributed by atoms with E-state index in [-0.39, 0.29) is 0 Å². The lowest BCUT2D eigenvalue weighted by molar-refractivity contribution is -0.143. The molecular formula is C17H21ClN2O6.